The molecule has 3 aromatic rings. The molecule has 3 aromatic carbocycles. The molecule has 6 nitrogen and oxygen atoms in total. The van der Waals surface area contributed by atoms with E-state index < -0.39 is 10.2 Å². The fraction of sp³-hybridized carbons (Fsp3) is 0.174. The normalized spacial score (nSPS) is 12.8. The number of hydrogen-bond donors (Lipinski definition) is 1. The Morgan fingerprint density at radius 2 is 1.44 bits per heavy atom. The molecule has 0 aromatic heterocycles. The molecule has 1 N–H and O–H groups in total. The third kappa shape index (κ3) is 6.05. The van der Waals surface area contributed by atoms with E-state index in [1.54, 1.807) is 6.92 Å². The molecule has 0 saturated carbocycles. The van der Waals surface area contributed by atoms with Gasteiger partial charge in [0.2, 0.25) is 5.91 Å². The fourth-order valence-corrected chi connectivity index (χ4v) is 7.36. The Hall–Kier alpha value is -2.04. The minimum Gasteiger partial charge on any atom is -0.322 e. The maximum absolute atomic E-state index is 11.9. The summed E-state index contributed by atoms with van der Waals surface area (Å²) in [7, 11) is -5.19. The molecule has 4 rings (SSSR count). The quantitative estimate of drug-likeness (QED) is 0.431. The Balaban J connectivity index is 0.000000523. The summed E-state index contributed by atoms with van der Waals surface area (Å²) in [6, 6.07) is 21.7. The molecule has 0 atom stereocenters. The van der Waals surface area contributed by atoms with Crippen molar-refractivity contribution in [3.63, 3.8) is 0 Å². The third-order valence-corrected chi connectivity index (χ3v) is 8.49. The van der Waals surface area contributed by atoms with Crippen LogP contribution in [0.25, 0.3) is 0 Å². The Bertz CT molecular complexity index is 1080. The molecule has 1 heterocycles. The Kier molecular flexibility index (Phi) is 7.89. The molecule has 0 aliphatic carbocycles. The van der Waals surface area contributed by atoms with Crippen molar-refractivity contribution in [1.29, 1.82) is 0 Å². The van der Waals surface area contributed by atoms with E-state index in [4.69, 9.17) is 18.6 Å². The minimum atomic E-state index is -4.94. The third-order valence-electron chi connectivity index (χ3n) is 4.71. The van der Waals surface area contributed by atoms with Crippen LogP contribution in [0.1, 0.15) is 25.0 Å². The van der Waals surface area contributed by atoms with E-state index in [0.29, 0.717) is 0 Å². The summed E-state index contributed by atoms with van der Waals surface area (Å²) in [5.41, 5.74) is 3.49. The highest BCUT2D eigenvalue weighted by Gasteiger charge is 2.39. The first-order chi connectivity index (χ1) is 15.1. The summed E-state index contributed by atoms with van der Waals surface area (Å²) >= 11 is 1.83. The maximum atomic E-state index is 11.9. The molecule has 0 bridgehead atoms. The van der Waals surface area contributed by atoms with Crippen molar-refractivity contribution in [3.8, 4) is 0 Å². The van der Waals surface area contributed by atoms with Gasteiger partial charge in [0, 0.05) is 6.92 Å². The molecule has 32 heavy (non-hydrogen) atoms. The van der Waals surface area contributed by atoms with Crippen LogP contribution < -0.4 is 24.0 Å². The molecule has 0 fully saturated rings. The predicted molar refractivity (Wildman–Crippen MR) is 114 cm³/mol. The first kappa shape index (κ1) is 24.6. The van der Waals surface area contributed by atoms with Gasteiger partial charge in [0.25, 0.3) is 0 Å². The molecule has 1 aliphatic rings. The Morgan fingerprint density at radius 3 is 1.91 bits per heavy atom. The Labute approximate surface area is 196 Å². The van der Waals surface area contributed by atoms with Gasteiger partial charge in [-0.1, -0.05) is 43.0 Å². The van der Waals surface area contributed by atoms with E-state index in [2.05, 4.69) is 79.8 Å². The molecule has 1 amide bonds. The van der Waals surface area contributed by atoms with Gasteiger partial charge < -0.3 is 5.32 Å². The monoisotopic (exact) mass is 491 g/mol. The summed E-state index contributed by atoms with van der Waals surface area (Å²) in [6.07, 6.45) is 0.954. The standard InChI is InChI=1S/C23H21NOS2.ClHO4/c1-4-17-14-18(24-16(3)25)23(13-15(17)2)27-21-11-7-5-9-19(21)26-20-10-6-8-12-22(20)27;2-1(3,4)5/h5-14H,4H2,1-3H3;(H,2,3,4,5). The second kappa shape index (κ2) is 10.3. The van der Waals surface area contributed by atoms with Gasteiger partial charge in [-0.15, -0.1) is 10.2 Å². The van der Waals surface area contributed by atoms with Crippen LogP contribution in [-0.2, 0) is 22.1 Å². The highest BCUT2D eigenvalue weighted by atomic mass is 35.7. The van der Waals surface area contributed by atoms with Gasteiger partial charge in [-0.2, -0.15) is 0 Å². The molecule has 0 saturated heterocycles. The lowest BCUT2D eigenvalue weighted by molar-refractivity contribution is -2.00. The van der Waals surface area contributed by atoms with E-state index in [-0.39, 0.29) is 16.8 Å². The number of aryl methyl sites for hydroxylation is 2. The number of benzene rings is 3. The summed E-state index contributed by atoms with van der Waals surface area (Å²) in [4.78, 5) is 18.4. The number of carbonyl (C=O) groups is 1. The van der Waals surface area contributed by atoms with Crippen molar-refractivity contribution in [2.24, 2.45) is 0 Å². The van der Waals surface area contributed by atoms with E-state index in [1.807, 2.05) is 11.8 Å². The van der Waals surface area contributed by atoms with Gasteiger partial charge in [-0.05, 0) is 60.9 Å². The zero-order chi connectivity index (χ0) is 23.5. The summed E-state index contributed by atoms with van der Waals surface area (Å²) in [5, 5.41) is 3.10. The van der Waals surface area contributed by atoms with Gasteiger partial charge in [0.1, 0.15) is 10.9 Å². The zero-order valence-electron chi connectivity index (χ0n) is 17.7. The van der Waals surface area contributed by atoms with E-state index in [0.717, 1.165) is 12.1 Å². The van der Waals surface area contributed by atoms with E-state index in [9.17, 15) is 4.79 Å². The molecule has 9 heteroatoms. The van der Waals surface area contributed by atoms with Crippen LogP contribution in [0.4, 0.5) is 5.69 Å². The highest BCUT2D eigenvalue weighted by molar-refractivity contribution is 8.04. The van der Waals surface area contributed by atoms with Gasteiger partial charge in [0.15, 0.2) is 14.7 Å². The van der Waals surface area contributed by atoms with Crippen LogP contribution in [0.5, 0.6) is 0 Å². The maximum Gasteiger partial charge on any atom is 0.221 e. The smallest absolute Gasteiger partial charge is 0.221 e. The lowest BCUT2D eigenvalue weighted by Crippen LogP contribution is -2.68. The van der Waals surface area contributed by atoms with Crippen LogP contribution in [0.15, 0.2) is 85.1 Å². The van der Waals surface area contributed by atoms with Crippen molar-refractivity contribution < 1.29 is 33.7 Å². The van der Waals surface area contributed by atoms with E-state index in [1.165, 1.54) is 35.6 Å². The zero-order valence-corrected chi connectivity index (χ0v) is 20.1. The second-order valence-electron chi connectivity index (χ2n) is 6.99. The molecule has 168 valence electrons. The van der Waals surface area contributed by atoms with Gasteiger partial charge in [-0.3, -0.25) is 4.79 Å². The number of anilines is 1. The first-order valence-electron chi connectivity index (χ1n) is 9.71. The number of halogens is 1. The predicted octanol–water partition coefficient (Wildman–Crippen LogP) is 1.32. The number of amides is 1. The van der Waals surface area contributed by atoms with Crippen molar-refractivity contribution in [1.82, 2.24) is 0 Å². The molecule has 1 aliphatic heterocycles. The average Bonchev–Trinajstić information content (AvgIpc) is 2.71. The largest absolute Gasteiger partial charge is 0.322 e. The van der Waals surface area contributed by atoms with Crippen LogP contribution in [0.3, 0.4) is 0 Å². The number of fused-ring (bicyclic) bond motifs is 2. The van der Waals surface area contributed by atoms with Gasteiger partial charge in [0.05, 0.1) is 15.5 Å². The fourth-order valence-electron chi connectivity index (χ4n) is 3.44. The molecule has 0 spiro atoms. The lowest BCUT2D eigenvalue weighted by Gasteiger charge is -2.21. The number of rotatable bonds is 3. The second-order valence-corrected chi connectivity index (χ2v) is 10.8. The minimum absolute atomic E-state index is 0.0290. The number of carbonyl (C=O) groups excluding carboxylic acids is 1. The molecular weight excluding hydrogens is 470 g/mol. The summed E-state index contributed by atoms with van der Waals surface area (Å²) in [5.74, 6) is -0.0290. The molecule has 0 unspecified atom stereocenters. The lowest BCUT2D eigenvalue weighted by atomic mass is 10.1. The van der Waals surface area contributed by atoms with Crippen LogP contribution in [0, 0.1) is 17.2 Å². The summed E-state index contributed by atoms with van der Waals surface area (Å²) in [6.45, 7) is 5.90. The van der Waals surface area contributed by atoms with Crippen molar-refractivity contribution >= 4 is 34.3 Å². The van der Waals surface area contributed by atoms with Crippen LogP contribution in [-0.4, -0.2) is 5.91 Å². The summed E-state index contributed by atoms with van der Waals surface area (Å²) < 4.78 is 34.0. The van der Waals surface area contributed by atoms with Crippen molar-refractivity contribution in [2.75, 3.05) is 5.32 Å². The highest BCUT2D eigenvalue weighted by Crippen LogP contribution is 2.49. The van der Waals surface area contributed by atoms with Crippen molar-refractivity contribution in [2.45, 2.75) is 51.7 Å². The number of hydrogen-bond acceptors (Lipinski definition) is 6. The molecular formula is C23H22ClNO5S2. The van der Waals surface area contributed by atoms with Crippen LogP contribution in [0.2, 0.25) is 0 Å². The van der Waals surface area contributed by atoms with Gasteiger partial charge in [-0.25, -0.2) is 18.6 Å². The van der Waals surface area contributed by atoms with Gasteiger partial charge >= 0.3 is 0 Å². The van der Waals surface area contributed by atoms with Crippen molar-refractivity contribution in [3.05, 3.63) is 71.8 Å². The van der Waals surface area contributed by atoms with E-state index >= 15 is 0 Å². The Morgan fingerprint density at radius 1 is 0.938 bits per heavy atom. The SMILES string of the molecule is CCc1cc(NC(C)=O)c([S+]2c3ccccc3Sc3ccccc32)cc1C.[O-][Cl+3]([O-])([O-])[O-]. The first-order valence-corrected chi connectivity index (χ1v) is 13.0. The topological polar surface area (TPSA) is 121 Å². The molecule has 0 radical (unpaired) electrons. The van der Waals surface area contributed by atoms with Crippen LogP contribution >= 0.6 is 11.8 Å². The average molecular weight is 492 g/mol. The number of nitrogens with one attached hydrogen (secondary N) is 1.